The van der Waals surface area contributed by atoms with E-state index in [1.807, 2.05) is 0 Å². The SMILES string of the molecule is Cc1cc(=O)c(C(=O)N2CCN(CC(C)C)C(=O)C2C)c[nH]1. The molecule has 0 aliphatic carbocycles. The minimum absolute atomic E-state index is 0.0585. The molecule has 0 spiro atoms. The lowest BCUT2D eigenvalue weighted by molar-refractivity contribution is -0.140. The third kappa shape index (κ3) is 3.21. The molecule has 0 bridgehead atoms. The maximum absolute atomic E-state index is 12.6. The summed E-state index contributed by atoms with van der Waals surface area (Å²) < 4.78 is 0. The second-order valence-electron chi connectivity index (χ2n) is 6.25. The molecular formula is C16H23N3O3. The van der Waals surface area contributed by atoms with Gasteiger partial charge in [0, 0.05) is 37.6 Å². The molecule has 120 valence electrons. The first-order valence-electron chi connectivity index (χ1n) is 7.60. The fourth-order valence-electron chi connectivity index (χ4n) is 2.72. The highest BCUT2D eigenvalue weighted by Gasteiger charge is 2.35. The van der Waals surface area contributed by atoms with Crippen molar-refractivity contribution in [3.05, 3.63) is 33.7 Å². The maximum Gasteiger partial charge on any atom is 0.260 e. The Bertz CT molecular complexity index is 636. The summed E-state index contributed by atoms with van der Waals surface area (Å²) in [5.74, 6) is -0.0542. The molecule has 1 unspecified atom stereocenters. The van der Waals surface area contributed by atoms with Gasteiger partial charge in [-0.3, -0.25) is 14.4 Å². The molecule has 2 amide bonds. The van der Waals surface area contributed by atoms with Crippen LogP contribution in [0.5, 0.6) is 0 Å². The van der Waals surface area contributed by atoms with Gasteiger partial charge in [0.05, 0.1) is 0 Å². The van der Waals surface area contributed by atoms with Crippen LogP contribution < -0.4 is 5.43 Å². The van der Waals surface area contributed by atoms with Gasteiger partial charge in [-0.05, 0) is 19.8 Å². The Labute approximate surface area is 130 Å². The number of carbonyl (C=O) groups is 2. The second-order valence-corrected chi connectivity index (χ2v) is 6.25. The van der Waals surface area contributed by atoms with Crippen LogP contribution >= 0.6 is 0 Å². The van der Waals surface area contributed by atoms with Crippen molar-refractivity contribution in [2.24, 2.45) is 5.92 Å². The van der Waals surface area contributed by atoms with Gasteiger partial charge in [-0.15, -0.1) is 0 Å². The molecule has 1 aliphatic heterocycles. The zero-order valence-corrected chi connectivity index (χ0v) is 13.5. The number of rotatable bonds is 3. The van der Waals surface area contributed by atoms with E-state index in [-0.39, 0.29) is 22.8 Å². The van der Waals surface area contributed by atoms with Crippen LogP contribution in [0.15, 0.2) is 17.1 Å². The molecule has 1 aliphatic rings. The minimum atomic E-state index is -0.541. The van der Waals surface area contributed by atoms with Crippen LogP contribution in [0.4, 0.5) is 0 Å². The Balaban J connectivity index is 2.18. The predicted molar refractivity (Wildman–Crippen MR) is 83.7 cm³/mol. The largest absolute Gasteiger partial charge is 0.364 e. The first-order valence-corrected chi connectivity index (χ1v) is 7.60. The van der Waals surface area contributed by atoms with E-state index in [9.17, 15) is 14.4 Å². The summed E-state index contributed by atoms with van der Waals surface area (Å²) in [4.78, 5) is 43.1. The fourth-order valence-corrected chi connectivity index (χ4v) is 2.72. The van der Waals surface area contributed by atoms with Crippen LogP contribution in [-0.4, -0.2) is 52.3 Å². The average molecular weight is 305 g/mol. The van der Waals surface area contributed by atoms with Crippen molar-refractivity contribution in [3.8, 4) is 0 Å². The lowest BCUT2D eigenvalue weighted by Gasteiger charge is -2.39. The summed E-state index contributed by atoms with van der Waals surface area (Å²) in [6.07, 6.45) is 1.43. The number of H-pyrrole nitrogens is 1. The predicted octanol–water partition coefficient (Wildman–Crippen LogP) is 1.01. The summed E-state index contributed by atoms with van der Waals surface area (Å²) >= 11 is 0. The van der Waals surface area contributed by atoms with Crippen LogP contribution in [-0.2, 0) is 4.79 Å². The van der Waals surface area contributed by atoms with Crippen molar-refractivity contribution < 1.29 is 9.59 Å². The van der Waals surface area contributed by atoms with Gasteiger partial charge in [0.2, 0.25) is 5.91 Å². The Kier molecular flexibility index (Phi) is 4.68. The van der Waals surface area contributed by atoms with Crippen LogP contribution in [0.25, 0.3) is 0 Å². The molecule has 0 radical (unpaired) electrons. The van der Waals surface area contributed by atoms with Gasteiger partial charge >= 0.3 is 0 Å². The summed E-state index contributed by atoms with van der Waals surface area (Å²) in [5.41, 5.74) is 0.473. The molecule has 1 aromatic rings. The van der Waals surface area contributed by atoms with E-state index in [0.29, 0.717) is 31.2 Å². The van der Waals surface area contributed by atoms with Gasteiger partial charge in [0.1, 0.15) is 11.6 Å². The first kappa shape index (κ1) is 16.3. The van der Waals surface area contributed by atoms with E-state index in [2.05, 4.69) is 18.8 Å². The van der Waals surface area contributed by atoms with E-state index in [1.54, 1.807) is 18.7 Å². The zero-order chi connectivity index (χ0) is 16.4. The second kappa shape index (κ2) is 6.34. The average Bonchev–Trinajstić information content (AvgIpc) is 2.43. The minimum Gasteiger partial charge on any atom is -0.364 e. The molecule has 2 heterocycles. The van der Waals surface area contributed by atoms with Gasteiger partial charge in [-0.1, -0.05) is 13.8 Å². The number of amides is 2. The molecule has 1 N–H and O–H groups in total. The number of pyridine rings is 1. The Morgan fingerprint density at radius 1 is 1.36 bits per heavy atom. The topological polar surface area (TPSA) is 73.5 Å². The molecule has 1 saturated heterocycles. The number of carbonyl (C=O) groups excluding carboxylic acids is 2. The number of aromatic nitrogens is 1. The van der Waals surface area contributed by atoms with Crippen molar-refractivity contribution in [2.45, 2.75) is 33.7 Å². The molecule has 6 nitrogen and oxygen atoms in total. The molecular weight excluding hydrogens is 282 g/mol. The molecule has 6 heteroatoms. The summed E-state index contributed by atoms with van der Waals surface area (Å²) in [5, 5.41) is 0. The molecule has 1 fully saturated rings. The number of aryl methyl sites for hydroxylation is 1. The monoisotopic (exact) mass is 305 g/mol. The third-order valence-electron chi connectivity index (χ3n) is 3.88. The number of nitrogens with zero attached hydrogens (tertiary/aromatic N) is 2. The van der Waals surface area contributed by atoms with Crippen molar-refractivity contribution >= 4 is 11.8 Å². The van der Waals surface area contributed by atoms with Gasteiger partial charge in [-0.25, -0.2) is 0 Å². The van der Waals surface area contributed by atoms with Crippen LogP contribution in [0.3, 0.4) is 0 Å². The number of nitrogens with one attached hydrogen (secondary N) is 1. The lowest BCUT2D eigenvalue weighted by atomic mass is 10.1. The Morgan fingerprint density at radius 2 is 2.05 bits per heavy atom. The summed E-state index contributed by atoms with van der Waals surface area (Å²) in [6.45, 7) is 9.24. The molecule has 0 saturated carbocycles. The highest BCUT2D eigenvalue weighted by Crippen LogP contribution is 2.15. The third-order valence-corrected chi connectivity index (χ3v) is 3.88. The molecule has 1 atom stereocenters. The van der Waals surface area contributed by atoms with E-state index in [1.165, 1.54) is 17.2 Å². The van der Waals surface area contributed by atoms with E-state index in [4.69, 9.17) is 0 Å². The number of piperazine rings is 1. The van der Waals surface area contributed by atoms with Crippen LogP contribution in [0.1, 0.15) is 36.8 Å². The zero-order valence-electron chi connectivity index (χ0n) is 13.5. The van der Waals surface area contributed by atoms with Crippen LogP contribution in [0, 0.1) is 12.8 Å². The molecule has 2 rings (SSSR count). The number of hydrogen-bond donors (Lipinski definition) is 1. The highest BCUT2D eigenvalue weighted by atomic mass is 16.2. The van der Waals surface area contributed by atoms with Gasteiger partial charge in [-0.2, -0.15) is 0 Å². The fraction of sp³-hybridized carbons (Fsp3) is 0.562. The maximum atomic E-state index is 12.6. The summed E-state index contributed by atoms with van der Waals surface area (Å²) in [7, 11) is 0. The molecule has 1 aromatic heterocycles. The highest BCUT2D eigenvalue weighted by molar-refractivity contribution is 5.97. The Hall–Kier alpha value is -2.11. The normalized spacial score (nSPS) is 19.0. The Morgan fingerprint density at radius 3 is 2.64 bits per heavy atom. The van der Waals surface area contributed by atoms with Crippen molar-refractivity contribution in [1.82, 2.24) is 14.8 Å². The first-order chi connectivity index (χ1) is 10.3. The quantitative estimate of drug-likeness (QED) is 0.906. The van der Waals surface area contributed by atoms with Crippen molar-refractivity contribution in [1.29, 1.82) is 0 Å². The van der Waals surface area contributed by atoms with Gasteiger partial charge < -0.3 is 14.8 Å². The van der Waals surface area contributed by atoms with Crippen LogP contribution in [0.2, 0.25) is 0 Å². The molecule has 0 aromatic carbocycles. The summed E-state index contributed by atoms with van der Waals surface area (Å²) in [6, 6.07) is 0.857. The lowest BCUT2D eigenvalue weighted by Crippen LogP contribution is -2.58. The number of hydrogen-bond acceptors (Lipinski definition) is 3. The van der Waals surface area contributed by atoms with Gasteiger partial charge in [0.15, 0.2) is 5.43 Å². The van der Waals surface area contributed by atoms with Gasteiger partial charge in [0.25, 0.3) is 5.91 Å². The van der Waals surface area contributed by atoms with E-state index >= 15 is 0 Å². The van der Waals surface area contributed by atoms with Crippen molar-refractivity contribution in [2.75, 3.05) is 19.6 Å². The number of aromatic amines is 1. The van der Waals surface area contributed by atoms with E-state index in [0.717, 1.165) is 0 Å². The standard InChI is InChI=1S/C16H23N3O3/c1-10(2)9-18-5-6-19(12(4)15(18)21)16(22)13-8-17-11(3)7-14(13)20/h7-8,10,12H,5-6,9H2,1-4H3,(H,17,20). The van der Waals surface area contributed by atoms with E-state index < -0.39 is 6.04 Å². The van der Waals surface area contributed by atoms with Crippen molar-refractivity contribution in [3.63, 3.8) is 0 Å². The smallest absolute Gasteiger partial charge is 0.260 e. The molecule has 22 heavy (non-hydrogen) atoms.